The van der Waals surface area contributed by atoms with E-state index in [4.69, 9.17) is 16.3 Å². The maximum Gasteiger partial charge on any atom is 0.295 e. The third-order valence-electron chi connectivity index (χ3n) is 5.30. The van der Waals surface area contributed by atoms with Crippen LogP contribution in [0.3, 0.4) is 0 Å². The summed E-state index contributed by atoms with van der Waals surface area (Å²) < 4.78 is 5.83. The lowest BCUT2D eigenvalue weighted by Crippen LogP contribution is -2.59. The lowest BCUT2D eigenvalue weighted by molar-refractivity contribution is -0.153. The molecule has 1 saturated heterocycles. The Morgan fingerprint density at radius 2 is 1.90 bits per heavy atom. The number of benzene rings is 1. The summed E-state index contributed by atoms with van der Waals surface area (Å²) in [4.78, 5) is 30.9. The molecule has 1 aromatic carbocycles. The third-order valence-corrected chi connectivity index (χ3v) is 5.51. The average molecular weight is 413 g/mol. The Morgan fingerprint density at radius 3 is 2.48 bits per heavy atom. The minimum absolute atomic E-state index is 0.0109. The highest BCUT2D eigenvalue weighted by Gasteiger charge is 2.47. The molecule has 1 unspecified atom stereocenters. The molecule has 6 heteroatoms. The maximum absolute atomic E-state index is 13.0. The molecule has 1 amide bonds. The summed E-state index contributed by atoms with van der Waals surface area (Å²) in [5.41, 5.74) is 1.75. The number of nitrogens with zero attached hydrogens (tertiary/aromatic N) is 2. The fourth-order valence-corrected chi connectivity index (χ4v) is 3.86. The van der Waals surface area contributed by atoms with Crippen LogP contribution in [0.5, 0.6) is 0 Å². The van der Waals surface area contributed by atoms with E-state index in [1.807, 2.05) is 24.3 Å². The van der Waals surface area contributed by atoms with E-state index in [1.54, 1.807) is 23.2 Å². The molecule has 5 nitrogen and oxygen atoms in total. The van der Waals surface area contributed by atoms with E-state index < -0.39 is 17.2 Å². The summed E-state index contributed by atoms with van der Waals surface area (Å²) in [6.07, 6.45) is 2.64. The molecule has 0 N–H and O–H groups in total. The van der Waals surface area contributed by atoms with Crippen molar-refractivity contribution < 1.29 is 14.3 Å². The van der Waals surface area contributed by atoms with Gasteiger partial charge >= 0.3 is 0 Å². The van der Waals surface area contributed by atoms with Crippen molar-refractivity contribution in [1.82, 2.24) is 9.88 Å². The Labute approximate surface area is 176 Å². The predicted molar refractivity (Wildman–Crippen MR) is 113 cm³/mol. The second-order valence-corrected chi connectivity index (χ2v) is 8.52. The quantitative estimate of drug-likeness (QED) is 0.434. The number of aromatic nitrogens is 1. The van der Waals surface area contributed by atoms with Crippen LogP contribution in [0, 0.1) is 0 Å². The first-order chi connectivity index (χ1) is 13.7. The van der Waals surface area contributed by atoms with Gasteiger partial charge in [0.15, 0.2) is 0 Å². The van der Waals surface area contributed by atoms with Crippen LogP contribution < -0.4 is 0 Å². The molecular weight excluding hydrogens is 388 g/mol. The largest absolute Gasteiger partial charge is 0.376 e. The zero-order valence-corrected chi connectivity index (χ0v) is 17.7. The molecule has 1 aliphatic rings. The number of ketones is 1. The Balaban J connectivity index is 2.22. The first-order valence-electron chi connectivity index (χ1n) is 9.49. The SMILES string of the molecule is C=CC(=O)C(=O)N1CCOCC1(c1ccc(C(C)(C)C)cc1)c1ccnc(Cl)c1. The molecule has 1 fully saturated rings. The van der Waals surface area contributed by atoms with Crippen molar-refractivity contribution in [3.8, 4) is 0 Å². The Kier molecular flexibility index (Phi) is 5.92. The van der Waals surface area contributed by atoms with Crippen LogP contribution in [0.4, 0.5) is 0 Å². The number of ether oxygens (including phenoxy) is 1. The highest BCUT2D eigenvalue weighted by Crippen LogP contribution is 2.40. The number of rotatable bonds is 4. The first kappa shape index (κ1) is 21.2. The minimum Gasteiger partial charge on any atom is -0.376 e. The molecule has 152 valence electrons. The normalized spacial score (nSPS) is 19.7. The van der Waals surface area contributed by atoms with Crippen molar-refractivity contribution in [2.45, 2.75) is 31.7 Å². The Hall–Kier alpha value is -2.50. The second kappa shape index (κ2) is 8.09. The summed E-state index contributed by atoms with van der Waals surface area (Å²) in [5.74, 6) is -1.26. The molecule has 0 spiro atoms. The number of hydrogen-bond acceptors (Lipinski definition) is 4. The number of halogens is 1. The van der Waals surface area contributed by atoms with Crippen molar-refractivity contribution in [1.29, 1.82) is 0 Å². The van der Waals surface area contributed by atoms with Crippen LogP contribution in [-0.2, 0) is 25.3 Å². The summed E-state index contributed by atoms with van der Waals surface area (Å²) >= 11 is 6.18. The summed E-state index contributed by atoms with van der Waals surface area (Å²) in [5, 5.41) is 0.307. The van der Waals surface area contributed by atoms with Crippen LogP contribution in [0.2, 0.25) is 5.15 Å². The summed E-state index contributed by atoms with van der Waals surface area (Å²) in [6.45, 7) is 10.7. The average Bonchev–Trinajstić information content (AvgIpc) is 2.72. The van der Waals surface area contributed by atoms with Gasteiger partial charge in [0.05, 0.1) is 13.2 Å². The fraction of sp³-hybridized carbons (Fsp3) is 0.348. The van der Waals surface area contributed by atoms with Crippen molar-refractivity contribution in [2.24, 2.45) is 0 Å². The van der Waals surface area contributed by atoms with Gasteiger partial charge in [0.25, 0.3) is 5.91 Å². The molecule has 0 saturated carbocycles. The van der Waals surface area contributed by atoms with E-state index in [-0.39, 0.29) is 18.6 Å². The van der Waals surface area contributed by atoms with E-state index in [0.29, 0.717) is 11.8 Å². The highest BCUT2D eigenvalue weighted by atomic mass is 35.5. The van der Waals surface area contributed by atoms with Gasteiger partial charge in [-0.15, -0.1) is 0 Å². The van der Waals surface area contributed by atoms with Crippen LogP contribution in [0.25, 0.3) is 0 Å². The Bertz CT molecular complexity index is 934. The van der Waals surface area contributed by atoms with Gasteiger partial charge in [-0.05, 0) is 40.3 Å². The van der Waals surface area contributed by atoms with Gasteiger partial charge in [-0.25, -0.2) is 4.98 Å². The van der Waals surface area contributed by atoms with Crippen LogP contribution >= 0.6 is 11.6 Å². The number of hydrogen-bond donors (Lipinski definition) is 0. The molecule has 0 radical (unpaired) electrons. The summed E-state index contributed by atoms with van der Waals surface area (Å²) in [6, 6.07) is 11.6. The smallest absolute Gasteiger partial charge is 0.295 e. The highest BCUT2D eigenvalue weighted by molar-refractivity contribution is 6.40. The molecule has 2 aromatic rings. The lowest BCUT2D eigenvalue weighted by Gasteiger charge is -2.47. The van der Waals surface area contributed by atoms with E-state index in [0.717, 1.165) is 17.2 Å². The monoisotopic (exact) mass is 412 g/mol. The van der Waals surface area contributed by atoms with Crippen LogP contribution in [0.15, 0.2) is 55.3 Å². The molecule has 2 heterocycles. The minimum atomic E-state index is -0.989. The zero-order valence-electron chi connectivity index (χ0n) is 16.9. The van der Waals surface area contributed by atoms with Gasteiger partial charge in [-0.2, -0.15) is 0 Å². The molecule has 0 bridgehead atoms. The second-order valence-electron chi connectivity index (χ2n) is 8.13. The van der Waals surface area contributed by atoms with Gasteiger partial charge in [0.1, 0.15) is 10.7 Å². The zero-order chi connectivity index (χ0) is 21.2. The molecular formula is C23H25ClN2O3. The van der Waals surface area contributed by atoms with E-state index in [2.05, 4.69) is 32.3 Å². The standard InChI is InChI=1S/C23H25ClN2O3/c1-5-19(27)21(28)26-12-13-29-15-23(26,18-10-11-25-20(24)14-18)17-8-6-16(7-9-17)22(2,3)4/h5-11,14H,1,12-13,15H2,2-4H3. The fourth-order valence-electron chi connectivity index (χ4n) is 3.69. The molecule has 1 aromatic heterocycles. The molecule has 1 atom stereocenters. The number of pyridine rings is 1. The maximum atomic E-state index is 13.0. The lowest BCUT2D eigenvalue weighted by atomic mass is 9.79. The van der Waals surface area contributed by atoms with Crippen LogP contribution in [0.1, 0.15) is 37.5 Å². The van der Waals surface area contributed by atoms with Gasteiger partial charge < -0.3 is 9.64 Å². The van der Waals surface area contributed by atoms with Crippen molar-refractivity contribution >= 4 is 23.3 Å². The number of carbonyl (C=O) groups excluding carboxylic acids is 2. The van der Waals surface area contributed by atoms with Crippen molar-refractivity contribution in [2.75, 3.05) is 19.8 Å². The van der Waals surface area contributed by atoms with E-state index in [9.17, 15) is 9.59 Å². The number of amides is 1. The van der Waals surface area contributed by atoms with Crippen molar-refractivity contribution in [3.63, 3.8) is 0 Å². The third kappa shape index (κ3) is 3.98. The van der Waals surface area contributed by atoms with E-state index >= 15 is 0 Å². The van der Waals surface area contributed by atoms with Crippen LogP contribution in [-0.4, -0.2) is 41.3 Å². The number of morpholine rings is 1. The van der Waals surface area contributed by atoms with E-state index in [1.165, 1.54) is 5.56 Å². The number of carbonyl (C=O) groups is 2. The molecule has 29 heavy (non-hydrogen) atoms. The van der Waals surface area contributed by atoms with Gasteiger partial charge in [0, 0.05) is 12.7 Å². The van der Waals surface area contributed by atoms with Gasteiger partial charge in [0.2, 0.25) is 5.78 Å². The first-order valence-corrected chi connectivity index (χ1v) is 9.87. The topological polar surface area (TPSA) is 59.5 Å². The summed E-state index contributed by atoms with van der Waals surface area (Å²) in [7, 11) is 0. The predicted octanol–water partition coefficient (Wildman–Crippen LogP) is 3.89. The molecule has 3 rings (SSSR count). The van der Waals surface area contributed by atoms with Crippen molar-refractivity contribution in [3.05, 3.63) is 77.1 Å². The molecule has 0 aliphatic carbocycles. The van der Waals surface area contributed by atoms with Gasteiger partial charge in [-0.1, -0.05) is 63.2 Å². The van der Waals surface area contributed by atoms with Gasteiger partial charge in [-0.3, -0.25) is 9.59 Å². The molecule has 1 aliphatic heterocycles. The Morgan fingerprint density at radius 1 is 1.21 bits per heavy atom.